The first-order chi connectivity index (χ1) is 9.58. The standard InChI is InChI=1S/C16H24BrClN2/c1-12(2)3-6-16(20-9-7-19-8-10-20)14-11-13(18)4-5-15(14)17/h4-5,11-12,16,19H,3,6-10H2,1-2H3/t16-/m1/s1. The first-order valence-corrected chi connectivity index (χ1v) is 8.64. The van der Waals surface area contributed by atoms with Crippen LogP contribution < -0.4 is 5.32 Å². The molecule has 0 amide bonds. The average molecular weight is 360 g/mol. The molecule has 1 aliphatic rings. The molecule has 1 saturated heterocycles. The Kier molecular flexibility index (Phi) is 6.34. The van der Waals surface area contributed by atoms with Gasteiger partial charge in [-0.3, -0.25) is 4.90 Å². The molecular weight excluding hydrogens is 336 g/mol. The molecular formula is C16H24BrClN2. The van der Waals surface area contributed by atoms with Gasteiger partial charge in [0.05, 0.1) is 0 Å². The second-order valence-electron chi connectivity index (χ2n) is 5.94. The van der Waals surface area contributed by atoms with E-state index in [9.17, 15) is 0 Å². The van der Waals surface area contributed by atoms with Crippen molar-refractivity contribution in [2.45, 2.75) is 32.7 Å². The molecule has 0 unspecified atom stereocenters. The van der Waals surface area contributed by atoms with Crippen molar-refractivity contribution in [2.75, 3.05) is 26.2 Å². The molecule has 1 fully saturated rings. The molecule has 1 aromatic rings. The fraction of sp³-hybridized carbons (Fsp3) is 0.625. The second-order valence-corrected chi connectivity index (χ2v) is 7.23. The van der Waals surface area contributed by atoms with Crippen LogP contribution in [0.3, 0.4) is 0 Å². The van der Waals surface area contributed by atoms with Crippen LogP contribution in [0.1, 0.15) is 38.3 Å². The highest BCUT2D eigenvalue weighted by Crippen LogP contribution is 2.34. The van der Waals surface area contributed by atoms with E-state index in [2.05, 4.69) is 52.1 Å². The molecule has 1 atom stereocenters. The van der Waals surface area contributed by atoms with E-state index in [1.807, 2.05) is 6.07 Å². The van der Waals surface area contributed by atoms with Crippen molar-refractivity contribution in [1.82, 2.24) is 10.2 Å². The maximum absolute atomic E-state index is 6.21. The number of hydrogen-bond donors (Lipinski definition) is 1. The molecule has 0 aromatic heterocycles. The molecule has 0 spiro atoms. The van der Waals surface area contributed by atoms with Crippen LogP contribution in [0.4, 0.5) is 0 Å². The fourth-order valence-corrected chi connectivity index (χ4v) is 3.48. The van der Waals surface area contributed by atoms with Crippen LogP contribution in [0.25, 0.3) is 0 Å². The van der Waals surface area contributed by atoms with Crippen molar-refractivity contribution < 1.29 is 0 Å². The van der Waals surface area contributed by atoms with E-state index in [4.69, 9.17) is 11.6 Å². The van der Waals surface area contributed by atoms with Gasteiger partial charge in [-0.1, -0.05) is 41.4 Å². The molecule has 1 heterocycles. The highest BCUT2D eigenvalue weighted by Gasteiger charge is 2.24. The Labute approximate surface area is 136 Å². The van der Waals surface area contributed by atoms with Gasteiger partial charge in [-0.15, -0.1) is 0 Å². The molecule has 4 heteroatoms. The zero-order valence-electron chi connectivity index (χ0n) is 12.3. The minimum Gasteiger partial charge on any atom is -0.314 e. The lowest BCUT2D eigenvalue weighted by molar-refractivity contribution is 0.159. The highest BCUT2D eigenvalue weighted by atomic mass is 79.9. The molecule has 0 saturated carbocycles. The first kappa shape index (κ1) is 16.3. The van der Waals surface area contributed by atoms with Crippen molar-refractivity contribution in [1.29, 1.82) is 0 Å². The van der Waals surface area contributed by atoms with Gasteiger partial charge in [0.15, 0.2) is 0 Å². The van der Waals surface area contributed by atoms with Crippen LogP contribution in [0.15, 0.2) is 22.7 Å². The smallest absolute Gasteiger partial charge is 0.0410 e. The molecule has 20 heavy (non-hydrogen) atoms. The molecule has 0 radical (unpaired) electrons. The van der Waals surface area contributed by atoms with E-state index in [1.54, 1.807) is 0 Å². The van der Waals surface area contributed by atoms with Gasteiger partial charge in [-0.25, -0.2) is 0 Å². The first-order valence-electron chi connectivity index (χ1n) is 7.47. The number of nitrogens with zero attached hydrogens (tertiary/aromatic N) is 1. The number of halogens is 2. The summed E-state index contributed by atoms with van der Waals surface area (Å²) in [5, 5.41) is 4.26. The Balaban J connectivity index is 2.21. The number of benzene rings is 1. The monoisotopic (exact) mass is 358 g/mol. The van der Waals surface area contributed by atoms with Gasteiger partial charge >= 0.3 is 0 Å². The highest BCUT2D eigenvalue weighted by molar-refractivity contribution is 9.10. The topological polar surface area (TPSA) is 15.3 Å². The summed E-state index contributed by atoms with van der Waals surface area (Å²) in [6.45, 7) is 8.97. The largest absolute Gasteiger partial charge is 0.314 e. The molecule has 0 bridgehead atoms. The Morgan fingerprint density at radius 3 is 2.60 bits per heavy atom. The Bertz CT molecular complexity index is 430. The predicted molar refractivity (Wildman–Crippen MR) is 90.4 cm³/mol. The van der Waals surface area contributed by atoms with Crippen LogP contribution in [0.2, 0.25) is 5.02 Å². The second kappa shape index (κ2) is 7.79. The molecule has 1 aliphatic heterocycles. The Morgan fingerprint density at radius 1 is 1.25 bits per heavy atom. The van der Waals surface area contributed by atoms with E-state index in [-0.39, 0.29) is 0 Å². The molecule has 112 valence electrons. The van der Waals surface area contributed by atoms with Crippen molar-refractivity contribution in [2.24, 2.45) is 5.92 Å². The summed E-state index contributed by atoms with van der Waals surface area (Å²) in [5.41, 5.74) is 1.33. The zero-order chi connectivity index (χ0) is 14.5. The number of rotatable bonds is 5. The van der Waals surface area contributed by atoms with Gasteiger partial charge in [0.25, 0.3) is 0 Å². The maximum Gasteiger partial charge on any atom is 0.0410 e. The predicted octanol–water partition coefficient (Wildman–Crippen LogP) is 4.49. The van der Waals surface area contributed by atoms with Gasteiger partial charge in [0.2, 0.25) is 0 Å². The minimum absolute atomic E-state index is 0.465. The summed E-state index contributed by atoms with van der Waals surface area (Å²) in [7, 11) is 0. The third kappa shape index (κ3) is 4.45. The normalized spacial score (nSPS) is 18.4. The van der Waals surface area contributed by atoms with E-state index >= 15 is 0 Å². The summed E-state index contributed by atoms with van der Waals surface area (Å²) in [4.78, 5) is 2.59. The van der Waals surface area contributed by atoms with Crippen LogP contribution in [-0.4, -0.2) is 31.1 Å². The van der Waals surface area contributed by atoms with Crippen LogP contribution in [-0.2, 0) is 0 Å². The van der Waals surface area contributed by atoms with Gasteiger partial charge in [0, 0.05) is 41.7 Å². The van der Waals surface area contributed by atoms with Crippen molar-refractivity contribution in [3.63, 3.8) is 0 Å². The summed E-state index contributed by atoms with van der Waals surface area (Å²) >= 11 is 9.91. The Hall–Kier alpha value is -0.0900. The number of nitrogens with one attached hydrogen (secondary N) is 1. The van der Waals surface area contributed by atoms with E-state index in [1.165, 1.54) is 22.9 Å². The fourth-order valence-electron chi connectivity index (χ4n) is 2.79. The third-order valence-corrected chi connectivity index (χ3v) is 4.88. The van der Waals surface area contributed by atoms with Crippen LogP contribution >= 0.6 is 27.5 Å². The number of piperazine rings is 1. The van der Waals surface area contributed by atoms with Gasteiger partial charge < -0.3 is 5.32 Å². The van der Waals surface area contributed by atoms with Crippen molar-refractivity contribution in [3.8, 4) is 0 Å². The summed E-state index contributed by atoms with van der Waals surface area (Å²) < 4.78 is 1.18. The van der Waals surface area contributed by atoms with Gasteiger partial charge in [-0.05, 0) is 42.5 Å². The van der Waals surface area contributed by atoms with Crippen molar-refractivity contribution >= 4 is 27.5 Å². The molecule has 2 rings (SSSR count). The summed E-state index contributed by atoms with van der Waals surface area (Å²) in [5.74, 6) is 0.735. The summed E-state index contributed by atoms with van der Waals surface area (Å²) in [6, 6.07) is 6.61. The lowest BCUT2D eigenvalue weighted by atomic mass is 9.96. The lowest BCUT2D eigenvalue weighted by Crippen LogP contribution is -2.45. The van der Waals surface area contributed by atoms with Crippen LogP contribution in [0.5, 0.6) is 0 Å². The quantitative estimate of drug-likeness (QED) is 0.833. The SMILES string of the molecule is CC(C)CC[C@H](c1cc(Cl)ccc1Br)N1CCNCC1. The lowest BCUT2D eigenvalue weighted by Gasteiger charge is -2.36. The summed E-state index contributed by atoms with van der Waals surface area (Å²) in [6.07, 6.45) is 2.43. The van der Waals surface area contributed by atoms with E-state index in [0.717, 1.165) is 37.1 Å². The van der Waals surface area contributed by atoms with Crippen molar-refractivity contribution in [3.05, 3.63) is 33.3 Å². The molecule has 2 nitrogen and oxygen atoms in total. The van der Waals surface area contributed by atoms with Gasteiger partial charge in [0.1, 0.15) is 0 Å². The van der Waals surface area contributed by atoms with Gasteiger partial charge in [-0.2, -0.15) is 0 Å². The maximum atomic E-state index is 6.21. The molecule has 1 aromatic carbocycles. The van der Waals surface area contributed by atoms with Crippen LogP contribution in [0, 0.1) is 5.92 Å². The molecule has 1 N–H and O–H groups in total. The zero-order valence-corrected chi connectivity index (χ0v) is 14.7. The third-order valence-electron chi connectivity index (χ3n) is 3.93. The van der Waals surface area contributed by atoms with E-state index in [0.29, 0.717) is 6.04 Å². The molecule has 0 aliphatic carbocycles. The average Bonchev–Trinajstić information content (AvgIpc) is 2.43. The Morgan fingerprint density at radius 2 is 1.95 bits per heavy atom. The van der Waals surface area contributed by atoms with E-state index < -0.39 is 0 Å². The minimum atomic E-state index is 0.465. The number of hydrogen-bond acceptors (Lipinski definition) is 2.